The summed E-state index contributed by atoms with van der Waals surface area (Å²) >= 11 is 1.37. The van der Waals surface area contributed by atoms with Crippen molar-refractivity contribution in [1.82, 2.24) is 14.1 Å². The summed E-state index contributed by atoms with van der Waals surface area (Å²) in [6, 6.07) is 0.636. The molecule has 2 N–H and O–H groups in total. The first kappa shape index (κ1) is 24.9. The van der Waals surface area contributed by atoms with E-state index in [1.54, 1.807) is 8.99 Å². The van der Waals surface area contributed by atoms with Crippen LogP contribution in [0.1, 0.15) is 48.9 Å². The maximum Gasteiger partial charge on any atom is 0.416 e. The van der Waals surface area contributed by atoms with Crippen molar-refractivity contribution in [2.45, 2.75) is 70.7 Å². The number of rotatable bonds is 3. The van der Waals surface area contributed by atoms with Gasteiger partial charge in [-0.25, -0.2) is 12.9 Å². The molecule has 0 radical (unpaired) electrons. The Labute approximate surface area is 188 Å². The summed E-state index contributed by atoms with van der Waals surface area (Å²) in [6.07, 6.45) is -6.49. The van der Waals surface area contributed by atoms with Gasteiger partial charge in [-0.1, -0.05) is 13.8 Å². The van der Waals surface area contributed by atoms with Gasteiger partial charge in [-0.05, 0) is 43.5 Å². The number of nitrogens with two attached hydrogens (primary N) is 1. The molecule has 1 aromatic carbocycles. The zero-order valence-corrected chi connectivity index (χ0v) is 19.1. The molecule has 32 heavy (non-hydrogen) atoms. The summed E-state index contributed by atoms with van der Waals surface area (Å²) in [5.41, 5.74) is 8.36. The lowest BCUT2D eigenvalue weighted by Crippen LogP contribution is -2.58. The average Bonchev–Trinajstić information content (AvgIpc) is 3.31. The van der Waals surface area contributed by atoms with Gasteiger partial charge in [-0.3, -0.25) is 4.90 Å². The molecule has 3 unspecified atom stereocenters. The molecule has 0 spiro atoms. The van der Waals surface area contributed by atoms with Crippen LogP contribution in [0.25, 0.3) is 0 Å². The second-order valence-corrected chi connectivity index (χ2v) is 8.33. The molecule has 0 bridgehead atoms. The first-order chi connectivity index (χ1) is 15.1. The number of halogens is 5. The van der Waals surface area contributed by atoms with E-state index in [2.05, 4.69) is 5.10 Å². The van der Waals surface area contributed by atoms with E-state index < -0.39 is 42.1 Å². The summed E-state index contributed by atoms with van der Waals surface area (Å²) in [5, 5.41) is 4.38. The standard InChI is InChI=1S/C19H21F5N4OS.C2H6/c1-9-12-7-27(8-16(12)28(26-9)30-2)15-6-14(25)17(29-18(15)19(22,23)24)11-5-10(20)3-4-13(11)21;1-2/h3-5,14-15,17-18H,6-8,25H2,1-2H3;1-2H3/t14?,15?,17-,18?;/m1./s1. The van der Waals surface area contributed by atoms with Crippen LogP contribution in [0.15, 0.2) is 18.2 Å². The highest BCUT2D eigenvalue weighted by Crippen LogP contribution is 2.43. The molecule has 1 fully saturated rings. The molecule has 2 aliphatic heterocycles. The number of hydrogen-bond acceptors (Lipinski definition) is 5. The highest BCUT2D eigenvalue weighted by atomic mass is 32.2. The molecular weight excluding hydrogens is 451 g/mol. The van der Waals surface area contributed by atoms with Gasteiger partial charge in [-0.15, -0.1) is 0 Å². The van der Waals surface area contributed by atoms with Gasteiger partial charge in [0, 0.05) is 42.6 Å². The number of benzene rings is 1. The number of alkyl halides is 3. The van der Waals surface area contributed by atoms with E-state index in [1.807, 2.05) is 27.0 Å². The number of fused-ring (bicyclic) bond motifs is 1. The number of aromatic nitrogens is 2. The number of nitrogens with zero attached hydrogens (tertiary/aromatic N) is 3. The Morgan fingerprint density at radius 3 is 2.50 bits per heavy atom. The van der Waals surface area contributed by atoms with Crippen LogP contribution in [0, 0.1) is 18.6 Å². The van der Waals surface area contributed by atoms with Crippen LogP contribution in [0.2, 0.25) is 0 Å². The molecular formula is C21H27F5N4OS. The molecule has 0 aliphatic carbocycles. The van der Waals surface area contributed by atoms with Gasteiger partial charge in [0.1, 0.15) is 17.7 Å². The summed E-state index contributed by atoms with van der Waals surface area (Å²) in [6.45, 7) is 6.40. The largest absolute Gasteiger partial charge is 0.416 e. The Bertz CT molecular complexity index is 951. The summed E-state index contributed by atoms with van der Waals surface area (Å²) in [7, 11) is 0. The molecule has 2 aliphatic rings. The third-order valence-electron chi connectivity index (χ3n) is 5.75. The molecule has 2 aromatic rings. The van der Waals surface area contributed by atoms with Crippen molar-refractivity contribution in [3.8, 4) is 0 Å². The van der Waals surface area contributed by atoms with Gasteiger partial charge in [-0.2, -0.15) is 18.3 Å². The molecule has 0 amide bonds. The van der Waals surface area contributed by atoms with Crippen LogP contribution in [0.3, 0.4) is 0 Å². The quantitative estimate of drug-likeness (QED) is 0.647. The Balaban J connectivity index is 0.00000141. The Morgan fingerprint density at radius 2 is 1.88 bits per heavy atom. The molecule has 5 nitrogen and oxygen atoms in total. The third-order valence-corrected chi connectivity index (χ3v) is 6.39. The Kier molecular flexibility index (Phi) is 7.53. The molecule has 1 aromatic heterocycles. The Hall–Kier alpha value is -1.69. The first-order valence-corrected chi connectivity index (χ1v) is 11.6. The van der Waals surface area contributed by atoms with Gasteiger partial charge in [0.25, 0.3) is 0 Å². The zero-order chi connectivity index (χ0) is 23.8. The lowest BCUT2D eigenvalue weighted by atomic mass is 9.89. The van der Waals surface area contributed by atoms with Gasteiger partial charge < -0.3 is 10.5 Å². The smallest absolute Gasteiger partial charge is 0.357 e. The predicted octanol–water partition coefficient (Wildman–Crippen LogP) is 4.73. The van der Waals surface area contributed by atoms with Crippen LogP contribution < -0.4 is 5.73 Å². The van der Waals surface area contributed by atoms with Gasteiger partial charge in [0.2, 0.25) is 0 Å². The lowest BCUT2D eigenvalue weighted by Gasteiger charge is -2.44. The minimum atomic E-state index is -4.69. The average molecular weight is 479 g/mol. The highest BCUT2D eigenvalue weighted by molar-refractivity contribution is 7.97. The molecule has 0 saturated carbocycles. The maximum atomic E-state index is 14.2. The topological polar surface area (TPSA) is 56.3 Å². The number of ether oxygens (including phenoxy) is 1. The van der Waals surface area contributed by atoms with E-state index in [1.165, 1.54) is 11.9 Å². The fourth-order valence-corrected chi connectivity index (χ4v) is 4.92. The van der Waals surface area contributed by atoms with E-state index in [4.69, 9.17) is 10.5 Å². The summed E-state index contributed by atoms with van der Waals surface area (Å²) < 4.78 is 76.7. The van der Waals surface area contributed by atoms with E-state index in [0.717, 1.165) is 35.2 Å². The SMILES string of the molecule is CC.CSn1nc(C)c2c1CN(C1CC(N)[C@@H](c3cc(F)ccc3F)OC1C(F)(F)F)C2. The molecule has 11 heteroatoms. The van der Waals surface area contributed by atoms with Crippen molar-refractivity contribution in [1.29, 1.82) is 0 Å². The van der Waals surface area contributed by atoms with Crippen LogP contribution >= 0.6 is 11.9 Å². The molecule has 3 heterocycles. The van der Waals surface area contributed by atoms with Crippen LogP contribution in [0.4, 0.5) is 22.0 Å². The fraction of sp³-hybridized carbons (Fsp3) is 0.571. The van der Waals surface area contributed by atoms with Gasteiger partial charge in [0.15, 0.2) is 6.10 Å². The van der Waals surface area contributed by atoms with Gasteiger partial charge >= 0.3 is 6.18 Å². The normalized spacial score (nSPS) is 25.9. The molecule has 178 valence electrons. The third kappa shape index (κ3) is 4.66. The summed E-state index contributed by atoms with van der Waals surface area (Å²) in [4.78, 5) is 1.68. The van der Waals surface area contributed by atoms with Crippen molar-refractivity contribution in [2.75, 3.05) is 6.26 Å². The minimum Gasteiger partial charge on any atom is -0.357 e. The number of hydrogen-bond donors (Lipinski definition) is 1. The van der Waals surface area contributed by atoms with E-state index >= 15 is 0 Å². The van der Waals surface area contributed by atoms with Gasteiger partial charge in [0.05, 0.1) is 11.4 Å². The van der Waals surface area contributed by atoms with Crippen molar-refractivity contribution < 1.29 is 26.7 Å². The number of aryl methyl sites for hydroxylation is 1. The predicted molar refractivity (Wildman–Crippen MR) is 113 cm³/mol. The highest BCUT2D eigenvalue weighted by Gasteiger charge is 2.54. The van der Waals surface area contributed by atoms with Crippen LogP contribution in [-0.4, -0.2) is 44.7 Å². The second kappa shape index (κ2) is 9.66. The van der Waals surface area contributed by atoms with E-state index in [-0.39, 0.29) is 18.5 Å². The Morgan fingerprint density at radius 1 is 1.19 bits per heavy atom. The van der Waals surface area contributed by atoms with Crippen molar-refractivity contribution >= 4 is 11.9 Å². The second-order valence-electron chi connectivity index (χ2n) is 7.62. The maximum absolute atomic E-state index is 14.2. The van der Waals surface area contributed by atoms with Crippen molar-refractivity contribution in [3.63, 3.8) is 0 Å². The summed E-state index contributed by atoms with van der Waals surface area (Å²) in [5.74, 6) is -1.61. The van der Waals surface area contributed by atoms with E-state index in [9.17, 15) is 22.0 Å². The lowest BCUT2D eigenvalue weighted by molar-refractivity contribution is -0.269. The first-order valence-electron chi connectivity index (χ1n) is 10.4. The van der Waals surface area contributed by atoms with E-state index in [0.29, 0.717) is 6.54 Å². The van der Waals surface area contributed by atoms with Crippen LogP contribution in [-0.2, 0) is 17.8 Å². The van der Waals surface area contributed by atoms with Crippen molar-refractivity contribution in [2.24, 2.45) is 5.73 Å². The fourth-order valence-electron chi connectivity index (χ4n) is 4.33. The van der Waals surface area contributed by atoms with Crippen molar-refractivity contribution in [3.05, 3.63) is 52.3 Å². The molecule has 4 rings (SSSR count). The molecule has 1 saturated heterocycles. The zero-order valence-electron chi connectivity index (χ0n) is 18.3. The minimum absolute atomic E-state index is 0.0686. The molecule has 4 atom stereocenters. The van der Waals surface area contributed by atoms with Crippen LogP contribution in [0.5, 0.6) is 0 Å². The monoisotopic (exact) mass is 478 g/mol.